The number of carbonyl (C=O) groups excluding carboxylic acids is 2. The largest absolute Gasteiger partial charge is 0.488 e. The highest BCUT2D eigenvalue weighted by Crippen LogP contribution is 2.44. The van der Waals surface area contributed by atoms with E-state index in [0.717, 1.165) is 29.5 Å². The Kier molecular flexibility index (Phi) is 9.61. The van der Waals surface area contributed by atoms with E-state index in [2.05, 4.69) is 34.5 Å². The van der Waals surface area contributed by atoms with Gasteiger partial charge in [0.05, 0.1) is 5.56 Å². The Morgan fingerprint density at radius 3 is 2.13 bits per heavy atom. The summed E-state index contributed by atoms with van der Waals surface area (Å²) in [4.78, 5) is 32.4. The van der Waals surface area contributed by atoms with Gasteiger partial charge in [0.2, 0.25) is 5.82 Å². The van der Waals surface area contributed by atoms with Crippen LogP contribution in [0.15, 0.2) is 81.8 Å². The summed E-state index contributed by atoms with van der Waals surface area (Å²) in [5.41, 5.74) is 3.56. The molecule has 1 fully saturated rings. The van der Waals surface area contributed by atoms with Gasteiger partial charge >= 0.3 is 11.8 Å². The first-order valence-electron chi connectivity index (χ1n) is 15.9. The van der Waals surface area contributed by atoms with Gasteiger partial charge < -0.3 is 28.7 Å². The van der Waals surface area contributed by atoms with Crippen molar-refractivity contribution < 1.29 is 28.1 Å². The molecule has 2 amide bonds. The number of hydrogen-bond donors (Lipinski definition) is 1. The van der Waals surface area contributed by atoms with Crippen LogP contribution in [0.5, 0.6) is 11.5 Å². The van der Waals surface area contributed by atoms with Crippen LogP contribution < -0.4 is 14.8 Å². The summed E-state index contributed by atoms with van der Waals surface area (Å²) in [6, 6.07) is 23.5. The van der Waals surface area contributed by atoms with E-state index >= 15 is 0 Å². The summed E-state index contributed by atoms with van der Waals surface area (Å²) in [5, 5.41) is 11.1. The number of amides is 2. The van der Waals surface area contributed by atoms with Crippen molar-refractivity contribution in [3.63, 3.8) is 0 Å². The van der Waals surface area contributed by atoms with E-state index in [0.29, 0.717) is 43.3 Å². The average molecular weight is 636 g/mol. The van der Waals surface area contributed by atoms with Gasteiger partial charge in [-0.2, -0.15) is 4.98 Å². The van der Waals surface area contributed by atoms with Crippen LogP contribution in [0.3, 0.4) is 0 Å². The Morgan fingerprint density at radius 2 is 1.51 bits per heavy atom. The lowest BCUT2D eigenvalue weighted by molar-refractivity contribution is 0.0743. The Labute approximate surface area is 272 Å². The van der Waals surface area contributed by atoms with Crippen molar-refractivity contribution in [2.75, 3.05) is 19.6 Å². The number of nitrogens with zero attached hydrogens (tertiary/aromatic N) is 4. The van der Waals surface area contributed by atoms with Crippen LogP contribution in [-0.4, -0.2) is 51.6 Å². The van der Waals surface area contributed by atoms with Crippen molar-refractivity contribution in [3.05, 3.63) is 101 Å². The molecule has 2 aromatic heterocycles. The third kappa shape index (κ3) is 7.04. The first kappa shape index (κ1) is 31.5. The molecule has 1 N–H and O–H groups in total. The van der Waals surface area contributed by atoms with Crippen LogP contribution in [0.1, 0.15) is 77.4 Å². The molecule has 0 aliphatic carbocycles. The molecular weight excluding hydrogens is 598 g/mol. The van der Waals surface area contributed by atoms with E-state index in [1.807, 2.05) is 72.8 Å². The Morgan fingerprint density at radius 1 is 0.872 bits per heavy atom. The SMILES string of the molecule is CCNC(=O)c1noc(-c2cc(C(C)C)c(OCc3ccccc3)cc2OCc2ccccc2)c1-c1noc(C(=O)N2CCCC2)n1. The fourth-order valence-electron chi connectivity index (χ4n) is 5.47. The minimum Gasteiger partial charge on any atom is -0.488 e. The van der Waals surface area contributed by atoms with E-state index in [4.69, 9.17) is 18.5 Å². The van der Waals surface area contributed by atoms with Crippen LogP contribution in [-0.2, 0) is 13.2 Å². The summed E-state index contributed by atoms with van der Waals surface area (Å²) < 4.78 is 24.2. The Hall–Kier alpha value is -5.45. The van der Waals surface area contributed by atoms with Gasteiger partial charge in [-0.3, -0.25) is 9.59 Å². The van der Waals surface area contributed by atoms with Gasteiger partial charge in [-0.15, -0.1) is 0 Å². The number of carbonyl (C=O) groups is 2. The van der Waals surface area contributed by atoms with Crippen molar-refractivity contribution in [3.8, 4) is 34.2 Å². The summed E-state index contributed by atoms with van der Waals surface area (Å²) in [5.74, 6) is 0.356. The Balaban J connectivity index is 1.46. The molecule has 242 valence electrons. The first-order valence-corrected chi connectivity index (χ1v) is 15.9. The number of benzene rings is 3. The van der Waals surface area contributed by atoms with Gasteiger partial charge in [0.15, 0.2) is 11.5 Å². The fraction of sp³-hybridized carbons (Fsp3) is 0.306. The van der Waals surface area contributed by atoms with Crippen molar-refractivity contribution in [2.45, 2.75) is 52.7 Å². The summed E-state index contributed by atoms with van der Waals surface area (Å²) >= 11 is 0. The highest BCUT2D eigenvalue weighted by atomic mass is 16.5. The quantitative estimate of drug-likeness (QED) is 0.160. The lowest BCUT2D eigenvalue weighted by Crippen LogP contribution is -2.27. The minimum absolute atomic E-state index is 0.00885. The molecule has 0 bridgehead atoms. The third-order valence-corrected chi connectivity index (χ3v) is 7.92. The van der Waals surface area contributed by atoms with E-state index in [9.17, 15) is 9.59 Å². The van der Waals surface area contributed by atoms with E-state index in [-0.39, 0.29) is 47.2 Å². The Bertz CT molecular complexity index is 1830. The molecule has 3 aromatic carbocycles. The number of likely N-dealkylation sites (tertiary alicyclic amines) is 1. The molecule has 0 unspecified atom stereocenters. The molecule has 0 saturated carbocycles. The fourth-order valence-corrected chi connectivity index (χ4v) is 5.47. The second-order valence-corrected chi connectivity index (χ2v) is 11.6. The molecule has 11 nitrogen and oxygen atoms in total. The molecule has 0 radical (unpaired) electrons. The van der Waals surface area contributed by atoms with Crippen LogP contribution in [0.2, 0.25) is 0 Å². The second-order valence-electron chi connectivity index (χ2n) is 11.6. The lowest BCUT2D eigenvalue weighted by Gasteiger charge is -2.19. The molecule has 3 heterocycles. The summed E-state index contributed by atoms with van der Waals surface area (Å²) in [6.45, 7) is 8.17. The van der Waals surface area contributed by atoms with Gasteiger partial charge in [-0.25, -0.2) is 0 Å². The molecule has 0 spiro atoms. The summed E-state index contributed by atoms with van der Waals surface area (Å²) in [7, 11) is 0. The van der Waals surface area contributed by atoms with Gasteiger partial charge in [0.1, 0.15) is 30.3 Å². The molecule has 1 aliphatic rings. The van der Waals surface area contributed by atoms with Gasteiger partial charge in [0, 0.05) is 25.7 Å². The normalized spacial score (nSPS) is 12.8. The zero-order chi connectivity index (χ0) is 32.8. The highest BCUT2D eigenvalue weighted by molar-refractivity contribution is 6.02. The maximum Gasteiger partial charge on any atom is 0.316 e. The predicted molar refractivity (Wildman–Crippen MR) is 174 cm³/mol. The minimum atomic E-state index is -0.478. The zero-order valence-electron chi connectivity index (χ0n) is 26.7. The average Bonchev–Trinajstić information content (AvgIpc) is 3.88. The predicted octanol–water partition coefficient (Wildman–Crippen LogP) is 6.66. The molecule has 0 atom stereocenters. The zero-order valence-corrected chi connectivity index (χ0v) is 26.7. The molecule has 1 saturated heterocycles. The van der Waals surface area contributed by atoms with Crippen molar-refractivity contribution in [1.82, 2.24) is 25.5 Å². The highest BCUT2D eigenvalue weighted by Gasteiger charge is 2.32. The summed E-state index contributed by atoms with van der Waals surface area (Å²) in [6.07, 6.45) is 1.83. The van der Waals surface area contributed by atoms with Gasteiger partial charge in [-0.1, -0.05) is 84.8 Å². The van der Waals surface area contributed by atoms with Crippen molar-refractivity contribution in [2.24, 2.45) is 0 Å². The van der Waals surface area contributed by atoms with Crippen molar-refractivity contribution >= 4 is 11.8 Å². The molecule has 6 rings (SSSR count). The van der Waals surface area contributed by atoms with Crippen LogP contribution in [0.4, 0.5) is 0 Å². The molecule has 1 aliphatic heterocycles. The topological polar surface area (TPSA) is 133 Å². The standard InChI is InChI=1S/C36H37N5O6/c1-4-37-34(42)31-30(33-38-35(47-40-33)36(43)41-17-11-12-18-41)32(46-39-31)27-19-26(23(2)3)28(44-21-24-13-7-5-8-14-24)20-29(27)45-22-25-15-9-6-10-16-25/h5-10,13-16,19-20,23H,4,11-12,17-18,21-22H2,1-3H3,(H,37,42). The maximum atomic E-state index is 13.2. The number of nitrogens with one attached hydrogen (secondary N) is 1. The van der Waals surface area contributed by atoms with Gasteiger partial charge in [0.25, 0.3) is 5.91 Å². The van der Waals surface area contributed by atoms with Gasteiger partial charge in [-0.05, 0) is 48.4 Å². The number of aromatic nitrogens is 3. The van der Waals surface area contributed by atoms with Crippen LogP contribution in [0.25, 0.3) is 22.7 Å². The molecular formula is C36H37N5O6. The van der Waals surface area contributed by atoms with Crippen molar-refractivity contribution in [1.29, 1.82) is 0 Å². The van der Waals surface area contributed by atoms with E-state index in [1.165, 1.54) is 0 Å². The monoisotopic (exact) mass is 635 g/mol. The number of ether oxygens (including phenoxy) is 2. The smallest absolute Gasteiger partial charge is 0.316 e. The first-order chi connectivity index (χ1) is 22.9. The van der Waals surface area contributed by atoms with E-state index < -0.39 is 5.91 Å². The second kappa shape index (κ2) is 14.3. The maximum absolute atomic E-state index is 13.2. The molecule has 5 aromatic rings. The molecule has 47 heavy (non-hydrogen) atoms. The van der Waals surface area contributed by atoms with E-state index in [1.54, 1.807) is 11.8 Å². The third-order valence-electron chi connectivity index (χ3n) is 7.92. The van der Waals surface area contributed by atoms with Crippen LogP contribution >= 0.6 is 0 Å². The molecule has 11 heteroatoms. The lowest BCUT2D eigenvalue weighted by atomic mass is 9.96. The number of hydrogen-bond acceptors (Lipinski definition) is 9. The number of rotatable bonds is 12. The van der Waals surface area contributed by atoms with Crippen LogP contribution in [0, 0.1) is 0 Å².